The Labute approximate surface area is 137 Å². The maximum Gasteiger partial charge on any atom is 0.127 e. The van der Waals surface area contributed by atoms with E-state index in [1.54, 1.807) is 12.1 Å². The van der Waals surface area contributed by atoms with Crippen molar-refractivity contribution >= 4 is 12.4 Å². The van der Waals surface area contributed by atoms with Gasteiger partial charge in [-0.3, -0.25) is 0 Å². The molecule has 1 nitrogen and oxygen atoms in total. The van der Waals surface area contributed by atoms with Crippen LogP contribution in [0.3, 0.4) is 0 Å². The van der Waals surface area contributed by atoms with Crippen LogP contribution in [-0.2, 0) is 0 Å². The quantitative estimate of drug-likeness (QED) is 0.744. The van der Waals surface area contributed by atoms with Crippen LogP contribution in [0.2, 0.25) is 0 Å². The molecule has 0 unspecified atom stereocenters. The van der Waals surface area contributed by atoms with Crippen molar-refractivity contribution in [2.45, 2.75) is 30.7 Å². The number of benzene rings is 2. The summed E-state index contributed by atoms with van der Waals surface area (Å²) in [6.45, 7) is 1.15. The molecule has 0 amide bonds. The lowest BCUT2D eigenvalue weighted by molar-refractivity contribution is 0.264. The highest BCUT2D eigenvalue weighted by Crippen LogP contribution is 2.48. The van der Waals surface area contributed by atoms with Crippen LogP contribution < -0.4 is 0 Å². The summed E-state index contributed by atoms with van der Waals surface area (Å²) >= 11 is 0. The molecule has 1 aliphatic carbocycles. The Balaban J connectivity index is 0.00000144. The number of nitrogens with zero attached hydrogens (tertiary/aromatic N) is 1. The van der Waals surface area contributed by atoms with Crippen molar-refractivity contribution in [3.05, 3.63) is 71.0 Å². The molecular formula is C19H21ClFN. The molecule has 0 N–H and O–H groups in total. The van der Waals surface area contributed by atoms with E-state index in [0.29, 0.717) is 12.0 Å². The molecule has 0 aromatic heterocycles. The molecule has 2 aliphatic rings. The Bertz CT molecular complexity index is 672. The van der Waals surface area contributed by atoms with Crippen molar-refractivity contribution in [3.8, 4) is 0 Å². The van der Waals surface area contributed by atoms with Crippen LogP contribution in [-0.4, -0.2) is 24.5 Å². The van der Waals surface area contributed by atoms with Crippen LogP contribution in [0.25, 0.3) is 0 Å². The van der Waals surface area contributed by atoms with Gasteiger partial charge in [-0.15, -0.1) is 12.4 Å². The Hall–Kier alpha value is -1.38. The zero-order valence-electron chi connectivity index (χ0n) is 12.7. The van der Waals surface area contributed by atoms with Gasteiger partial charge in [0.25, 0.3) is 0 Å². The van der Waals surface area contributed by atoms with E-state index >= 15 is 0 Å². The molecule has 116 valence electrons. The van der Waals surface area contributed by atoms with Crippen LogP contribution in [0, 0.1) is 5.82 Å². The molecule has 22 heavy (non-hydrogen) atoms. The molecule has 3 heteroatoms. The number of likely N-dealkylation sites (tertiary alicyclic amines) is 1. The van der Waals surface area contributed by atoms with E-state index in [9.17, 15) is 4.39 Å². The highest BCUT2D eigenvalue weighted by atomic mass is 35.5. The van der Waals surface area contributed by atoms with E-state index in [1.165, 1.54) is 17.5 Å². The summed E-state index contributed by atoms with van der Waals surface area (Å²) in [6, 6.07) is 16.5. The highest BCUT2D eigenvalue weighted by molar-refractivity contribution is 5.85. The van der Waals surface area contributed by atoms with Crippen LogP contribution in [0.5, 0.6) is 0 Å². The molecule has 2 aromatic rings. The summed E-state index contributed by atoms with van der Waals surface area (Å²) in [5.74, 6) is 0.731. The van der Waals surface area contributed by atoms with Crippen LogP contribution in [0.4, 0.5) is 4.39 Å². The number of hydrogen-bond acceptors (Lipinski definition) is 1. The first kappa shape index (κ1) is 15.5. The number of hydrogen-bond donors (Lipinski definition) is 0. The van der Waals surface area contributed by atoms with E-state index in [4.69, 9.17) is 0 Å². The fourth-order valence-electron chi connectivity index (χ4n) is 4.30. The van der Waals surface area contributed by atoms with Gasteiger partial charge in [0, 0.05) is 17.9 Å². The van der Waals surface area contributed by atoms with Crippen LogP contribution >= 0.6 is 12.4 Å². The molecule has 2 aromatic carbocycles. The molecule has 1 saturated heterocycles. The lowest BCUT2D eigenvalue weighted by atomic mass is 9.71. The summed E-state index contributed by atoms with van der Waals surface area (Å²) in [5, 5.41) is 0. The minimum atomic E-state index is -0.0728. The molecule has 0 bridgehead atoms. The van der Waals surface area contributed by atoms with Crippen LogP contribution in [0.15, 0.2) is 48.5 Å². The second-order valence-electron chi connectivity index (χ2n) is 6.38. The van der Waals surface area contributed by atoms with Gasteiger partial charge in [-0.2, -0.15) is 0 Å². The van der Waals surface area contributed by atoms with E-state index in [0.717, 1.165) is 18.5 Å². The monoisotopic (exact) mass is 317 g/mol. The molecule has 0 saturated carbocycles. The van der Waals surface area contributed by atoms with E-state index in [2.05, 4.69) is 36.2 Å². The zero-order valence-corrected chi connectivity index (χ0v) is 13.5. The van der Waals surface area contributed by atoms with E-state index in [1.807, 2.05) is 12.1 Å². The maximum atomic E-state index is 14.3. The molecule has 1 heterocycles. The first-order chi connectivity index (χ1) is 10.3. The summed E-state index contributed by atoms with van der Waals surface area (Å²) in [7, 11) is 2.21. The third kappa shape index (κ3) is 2.35. The second-order valence-corrected chi connectivity index (χ2v) is 6.38. The summed E-state index contributed by atoms with van der Waals surface area (Å²) in [4.78, 5) is 2.45. The van der Waals surface area contributed by atoms with Gasteiger partial charge in [-0.25, -0.2) is 4.39 Å². The standard InChI is InChI=1S/C19H20FN.ClH/c1-21-11-10-16-13-6-2-3-7-14(13)17(12-19(16)21)15-8-4-5-9-18(15)20;/h2-9,16-17,19H,10-12H2,1H3;1H/t16-,17+,19+;/m1./s1. The average Bonchev–Trinajstić information content (AvgIpc) is 2.89. The number of rotatable bonds is 1. The predicted molar refractivity (Wildman–Crippen MR) is 90.3 cm³/mol. The number of halogens is 2. The maximum absolute atomic E-state index is 14.3. The normalized spacial score (nSPS) is 26.9. The third-order valence-corrected chi connectivity index (χ3v) is 5.35. The van der Waals surface area contributed by atoms with Crippen molar-refractivity contribution in [3.63, 3.8) is 0 Å². The highest BCUT2D eigenvalue weighted by Gasteiger charge is 2.41. The Morgan fingerprint density at radius 2 is 1.59 bits per heavy atom. The topological polar surface area (TPSA) is 3.24 Å². The Morgan fingerprint density at radius 3 is 2.32 bits per heavy atom. The van der Waals surface area contributed by atoms with Crippen molar-refractivity contribution in [1.82, 2.24) is 4.90 Å². The van der Waals surface area contributed by atoms with Gasteiger partial charge in [0.05, 0.1) is 0 Å². The largest absolute Gasteiger partial charge is 0.303 e. The Morgan fingerprint density at radius 1 is 0.955 bits per heavy atom. The van der Waals surface area contributed by atoms with Crippen LogP contribution in [0.1, 0.15) is 41.4 Å². The molecule has 3 atom stereocenters. The molecule has 0 spiro atoms. The van der Waals surface area contributed by atoms with Gasteiger partial charge in [0.15, 0.2) is 0 Å². The fourth-order valence-corrected chi connectivity index (χ4v) is 4.30. The van der Waals surface area contributed by atoms with E-state index < -0.39 is 0 Å². The average molecular weight is 318 g/mol. The van der Waals surface area contributed by atoms with Crippen molar-refractivity contribution in [1.29, 1.82) is 0 Å². The van der Waals surface area contributed by atoms with Gasteiger partial charge in [0.1, 0.15) is 5.82 Å². The third-order valence-electron chi connectivity index (χ3n) is 5.35. The first-order valence-electron chi connectivity index (χ1n) is 7.79. The number of fused-ring (bicyclic) bond motifs is 3. The fraction of sp³-hybridized carbons (Fsp3) is 0.368. The predicted octanol–water partition coefficient (Wildman–Crippen LogP) is 4.57. The molecule has 1 fully saturated rings. The zero-order chi connectivity index (χ0) is 14.4. The Kier molecular flexibility index (Phi) is 4.24. The van der Waals surface area contributed by atoms with Gasteiger partial charge in [-0.1, -0.05) is 42.5 Å². The SMILES string of the molecule is CN1CC[C@@H]2c3ccccc3[C@@H](c3ccccc3F)C[C@@H]21.Cl. The van der Waals surface area contributed by atoms with Gasteiger partial charge in [0.2, 0.25) is 0 Å². The van der Waals surface area contributed by atoms with Gasteiger partial charge in [-0.05, 0) is 49.2 Å². The second kappa shape index (κ2) is 6.02. The molecule has 4 rings (SSSR count). The number of likely N-dealkylation sites (N-methyl/N-ethyl adjacent to an activating group) is 1. The molecule has 0 radical (unpaired) electrons. The van der Waals surface area contributed by atoms with Crippen molar-refractivity contribution < 1.29 is 4.39 Å². The summed E-state index contributed by atoms with van der Waals surface area (Å²) in [6.07, 6.45) is 2.25. The molecular weight excluding hydrogens is 297 g/mol. The smallest absolute Gasteiger partial charge is 0.127 e. The summed E-state index contributed by atoms with van der Waals surface area (Å²) < 4.78 is 14.3. The van der Waals surface area contributed by atoms with E-state index in [-0.39, 0.29) is 24.1 Å². The van der Waals surface area contributed by atoms with Gasteiger partial charge < -0.3 is 4.90 Å². The molecule has 1 aliphatic heterocycles. The minimum Gasteiger partial charge on any atom is -0.303 e. The first-order valence-corrected chi connectivity index (χ1v) is 7.79. The summed E-state index contributed by atoms with van der Waals surface area (Å²) in [5.41, 5.74) is 3.62. The minimum absolute atomic E-state index is 0. The lowest BCUT2D eigenvalue weighted by Gasteiger charge is -2.37. The van der Waals surface area contributed by atoms with Crippen molar-refractivity contribution in [2.24, 2.45) is 0 Å². The van der Waals surface area contributed by atoms with Gasteiger partial charge >= 0.3 is 0 Å². The lowest BCUT2D eigenvalue weighted by Crippen LogP contribution is -2.34. The van der Waals surface area contributed by atoms with Crippen molar-refractivity contribution in [2.75, 3.05) is 13.6 Å².